The monoisotopic (exact) mass is 388 g/mol. The number of primary amides is 1. The fourth-order valence-electron chi connectivity index (χ4n) is 3.33. The quantitative estimate of drug-likeness (QED) is 0.853. The lowest BCUT2D eigenvalue weighted by Gasteiger charge is -2.31. The van der Waals surface area contributed by atoms with Gasteiger partial charge in [-0.05, 0) is 43.0 Å². The number of para-hydroxylation sites is 1. The number of ether oxygens (including phenoxy) is 2. The third-order valence-electron chi connectivity index (χ3n) is 4.50. The Morgan fingerprint density at radius 3 is 2.78 bits per heavy atom. The van der Waals surface area contributed by atoms with Gasteiger partial charge in [-0.25, -0.2) is 0 Å². The van der Waals surface area contributed by atoms with Crippen LogP contribution in [0, 0.1) is 6.92 Å². The van der Waals surface area contributed by atoms with Crippen LogP contribution in [0.25, 0.3) is 0 Å². The van der Waals surface area contributed by atoms with Crippen molar-refractivity contribution in [2.75, 3.05) is 25.2 Å². The number of benzene rings is 2. The number of methoxy groups -OCH3 is 1. The number of hydrogen-bond acceptors (Lipinski definition) is 4. The third-order valence-corrected chi connectivity index (χ3v) is 4.78. The molecule has 6 nitrogen and oxygen atoms in total. The van der Waals surface area contributed by atoms with Gasteiger partial charge in [-0.2, -0.15) is 0 Å². The van der Waals surface area contributed by atoms with Crippen LogP contribution < -0.4 is 20.1 Å². The molecule has 0 bridgehead atoms. The minimum Gasteiger partial charge on any atom is -0.493 e. The van der Waals surface area contributed by atoms with E-state index >= 15 is 0 Å². The summed E-state index contributed by atoms with van der Waals surface area (Å²) < 4.78 is 10.6. The summed E-state index contributed by atoms with van der Waals surface area (Å²) in [6.45, 7) is 2.30. The van der Waals surface area contributed by atoms with Crippen LogP contribution in [0.3, 0.4) is 0 Å². The highest BCUT2D eigenvalue weighted by Gasteiger charge is 2.26. The number of hydrogen-bond donors (Lipinski definition) is 1. The zero-order valence-electron chi connectivity index (χ0n) is 15.3. The van der Waals surface area contributed by atoms with Gasteiger partial charge in [0.25, 0.3) is 11.8 Å². The highest BCUT2D eigenvalue weighted by atomic mass is 35.5. The molecule has 0 spiro atoms. The van der Waals surface area contributed by atoms with Crippen molar-refractivity contribution in [1.29, 1.82) is 0 Å². The largest absolute Gasteiger partial charge is 0.493 e. The van der Waals surface area contributed by atoms with Crippen molar-refractivity contribution in [3.63, 3.8) is 0 Å². The average Bonchev–Trinajstić information content (AvgIpc) is 2.65. The maximum atomic E-state index is 13.2. The Balaban J connectivity index is 1.97. The first-order valence-corrected chi connectivity index (χ1v) is 8.99. The number of aryl methyl sites for hydroxylation is 2. The van der Waals surface area contributed by atoms with Gasteiger partial charge in [-0.15, -0.1) is 0 Å². The van der Waals surface area contributed by atoms with E-state index in [4.69, 9.17) is 26.8 Å². The zero-order chi connectivity index (χ0) is 19.6. The highest BCUT2D eigenvalue weighted by Crippen LogP contribution is 2.38. The van der Waals surface area contributed by atoms with E-state index in [0.717, 1.165) is 29.7 Å². The summed E-state index contributed by atoms with van der Waals surface area (Å²) in [5.74, 6) is -0.334. The van der Waals surface area contributed by atoms with Crippen LogP contribution in [0.1, 0.15) is 27.9 Å². The van der Waals surface area contributed by atoms with E-state index in [1.807, 2.05) is 19.1 Å². The maximum absolute atomic E-state index is 13.2. The molecule has 0 aromatic heterocycles. The van der Waals surface area contributed by atoms with Crippen molar-refractivity contribution < 1.29 is 19.1 Å². The van der Waals surface area contributed by atoms with Crippen LogP contribution in [0.4, 0.5) is 5.69 Å². The van der Waals surface area contributed by atoms with Gasteiger partial charge in [0.05, 0.1) is 17.8 Å². The predicted molar refractivity (Wildman–Crippen MR) is 104 cm³/mol. The number of nitrogens with two attached hydrogens (primary N) is 1. The number of amides is 2. The molecule has 0 radical (unpaired) electrons. The molecule has 142 valence electrons. The number of carbonyl (C=O) groups is 2. The molecule has 27 heavy (non-hydrogen) atoms. The third kappa shape index (κ3) is 3.85. The fourth-order valence-corrected chi connectivity index (χ4v) is 3.60. The maximum Gasteiger partial charge on any atom is 0.258 e. The Bertz CT molecular complexity index is 898. The minimum absolute atomic E-state index is 0.160. The van der Waals surface area contributed by atoms with Gasteiger partial charge in [0, 0.05) is 12.1 Å². The van der Waals surface area contributed by atoms with Crippen molar-refractivity contribution in [2.24, 2.45) is 5.73 Å². The van der Waals surface area contributed by atoms with Crippen molar-refractivity contribution in [3.05, 3.63) is 52.0 Å². The van der Waals surface area contributed by atoms with Crippen molar-refractivity contribution >= 4 is 29.1 Å². The van der Waals surface area contributed by atoms with E-state index in [-0.39, 0.29) is 29.0 Å². The van der Waals surface area contributed by atoms with Gasteiger partial charge in [-0.1, -0.05) is 29.8 Å². The van der Waals surface area contributed by atoms with Gasteiger partial charge < -0.3 is 20.1 Å². The minimum atomic E-state index is -0.631. The first-order chi connectivity index (χ1) is 12.9. The van der Waals surface area contributed by atoms with Crippen LogP contribution in [-0.2, 0) is 11.2 Å². The summed E-state index contributed by atoms with van der Waals surface area (Å²) in [6, 6.07) is 9.15. The second-order valence-corrected chi connectivity index (χ2v) is 6.79. The lowest BCUT2D eigenvalue weighted by atomic mass is 9.97. The number of rotatable bonds is 5. The number of fused-ring (bicyclic) bond motifs is 1. The van der Waals surface area contributed by atoms with Gasteiger partial charge in [0.15, 0.2) is 18.1 Å². The molecular weight excluding hydrogens is 368 g/mol. The van der Waals surface area contributed by atoms with E-state index in [2.05, 4.69) is 6.07 Å². The topological polar surface area (TPSA) is 81.9 Å². The smallest absolute Gasteiger partial charge is 0.258 e. The van der Waals surface area contributed by atoms with Crippen molar-refractivity contribution in [3.8, 4) is 11.5 Å². The second-order valence-electron chi connectivity index (χ2n) is 6.39. The molecule has 2 amide bonds. The SMILES string of the molecule is COc1cc(C(=O)N2CCCc3cccc(C)c32)cc(Cl)c1OCC(N)=O. The van der Waals surface area contributed by atoms with E-state index in [1.165, 1.54) is 13.2 Å². The van der Waals surface area contributed by atoms with Gasteiger partial charge in [-0.3, -0.25) is 9.59 Å². The van der Waals surface area contributed by atoms with Crippen LogP contribution in [0.15, 0.2) is 30.3 Å². The lowest BCUT2D eigenvalue weighted by Crippen LogP contribution is -2.36. The van der Waals surface area contributed by atoms with Crippen molar-refractivity contribution in [1.82, 2.24) is 0 Å². The Kier molecular flexibility index (Phi) is 5.56. The van der Waals surface area contributed by atoms with E-state index in [1.54, 1.807) is 11.0 Å². The Hall–Kier alpha value is -2.73. The summed E-state index contributed by atoms with van der Waals surface area (Å²) in [5, 5.41) is 0.181. The second kappa shape index (κ2) is 7.88. The molecule has 0 aliphatic carbocycles. The predicted octanol–water partition coefficient (Wildman–Crippen LogP) is 3.11. The Morgan fingerprint density at radius 1 is 1.30 bits per heavy atom. The van der Waals surface area contributed by atoms with Gasteiger partial charge in [0.1, 0.15) is 0 Å². The first-order valence-electron chi connectivity index (χ1n) is 8.61. The standard InChI is InChI=1S/C20H21ClN2O4/c1-12-5-3-6-13-7-4-8-23(18(12)13)20(25)14-9-15(21)19(16(10-14)26-2)27-11-17(22)24/h3,5-6,9-10H,4,7-8,11H2,1-2H3,(H2,22,24). The molecule has 2 N–H and O–H groups in total. The van der Waals surface area contributed by atoms with E-state index in [0.29, 0.717) is 12.1 Å². The van der Waals surface area contributed by atoms with Crippen molar-refractivity contribution in [2.45, 2.75) is 19.8 Å². The molecule has 7 heteroatoms. The van der Waals surface area contributed by atoms with Crippen LogP contribution in [0.2, 0.25) is 5.02 Å². The number of carbonyl (C=O) groups excluding carboxylic acids is 2. The molecule has 2 aromatic rings. The highest BCUT2D eigenvalue weighted by molar-refractivity contribution is 6.33. The zero-order valence-corrected chi connectivity index (χ0v) is 16.0. The lowest BCUT2D eigenvalue weighted by molar-refractivity contribution is -0.119. The summed E-state index contributed by atoms with van der Waals surface area (Å²) in [6.07, 6.45) is 1.84. The summed E-state index contributed by atoms with van der Waals surface area (Å²) in [7, 11) is 1.44. The Morgan fingerprint density at radius 2 is 2.07 bits per heavy atom. The molecule has 2 aromatic carbocycles. The molecular formula is C20H21ClN2O4. The average molecular weight is 389 g/mol. The van der Waals surface area contributed by atoms with Crippen LogP contribution in [0.5, 0.6) is 11.5 Å². The van der Waals surface area contributed by atoms with E-state index in [9.17, 15) is 9.59 Å². The molecule has 0 saturated carbocycles. The number of halogens is 1. The Labute approximate surface area is 162 Å². The molecule has 0 atom stereocenters. The molecule has 0 saturated heterocycles. The number of nitrogens with zero attached hydrogens (tertiary/aromatic N) is 1. The van der Waals surface area contributed by atoms with Gasteiger partial charge in [0.2, 0.25) is 0 Å². The number of anilines is 1. The molecule has 3 rings (SSSR count). The summed E-state index contributed by atoms with van der Waals surface area (Å²) in [4.78, 5) is 26.0. The normalized spacial score (nSPS) is 13.1. The van der Waals surface area contributed by atoms with Crippen LogP contribution >= 0.6 is 11.6 Å². The first kappa shape index (κ1) is 19.0. The fraction of sp³-hybridized carbons (Fsp3) is 0.300. The molecule has 0 unspecified atom stereocenters. The molecule has 1 heterocycles. The molecule has 1 aliphatic heterocycles. The van der Waals surface area contributed by atoms with E-state index < -0.39 is 5.91 Å². The van der Waals surface area contributed by atoms with Crippen LogP contribution in [-0.4, -0.2) is 32.1 Å². The molecule has 0 fully saturated rings. The summed E-state index contributed by atoms with van der Waals surface area (Å²) in [5.41, 5.74) is 8.67. The van der Waals surface area contributed by atoms with Gasteiger partial charge >= 0.3 is 0 Å². The molecule has 1 aliphatic rings. The summed E-state index contributed by atoms with van der Waals surface area (Å²) >= 11 is 6.28.